The first kappa shape index (κ1) is 14.9. The molecule has 0 amide bonds. The molecular weight excluding hydrogens is 301 g/mol. The van der Waals surface area contributed by atoms with Gasteiger partial charge in [0.05, 0.1) is 23.7 Å². The van der Waals surface area contributed by atoms with Crippen LogP contribution in [0.3, 0.4) is 0 Å². The van der Waals surface area contributed by atoms with Crippen molar-refractivity contribution in [3.05, 3.63) is 40.1 Å². The van der Waals surface area contributed by atoms with Crippen molar-refractivity contribution in [1.29, 1.82) is 0 Å². The zero-order valence-electron chi connectivity index (χ0n) is 10.9. The molecule has 0 N–H and O–H groups in total. The van der Waals surface area contributed by atoms with Crippen LogP contribution in [0.25, 0.3) is 10.6 Å². The highest BCUT2D eigenvalue weighted by molar-refractivity contribution is 7.13. The van der Waals surface area contributed by atoms with Gasteiger partial charge in [-0.1, -0.05) is 11.6 Å². The number of carbonyl (C=O) groups excluding carboxylic acids is 1. The Hall–Kier alpha value is -1.46. The summed E-state index contributed by atoms with van der Waals surface area (Å²) in [5.41, 5.74) is 1.59. The average Bonchev–Trinajstić information content (AvgIpc) is 2.89. The molecule has 0 spiro atoms. The lowest BCUT2D eigenvalue weighted by Gasteiger charge is -2.00. The molecule has 1 aromatic carbocycles. The maximum atomic E-state index is 13.1. The van der Waals surface area contributed by atoms with E-state index in [2.05, 4.69) is 4.98 Å². The lowest BCUT2D eigenvalue weighted by molar-refractivity contribution is -0.143. The van der Waals surface area contributed by atoms with Crippen LogP contribution in [0.1, 0.15) is 19.0 Å². The molecule has 1 heterocycles. The van der Waals surface area contributed by atoms with E-state index in [1.54, 1.807) is 19.1 Å². The Bertz CT molecular complexity index is 615. The maximum Gasteiger partial charge on any atom is 0.306 e. The van der Waals surface area contributed by atoms with Crippen LogP contribution in [0, 0.1) is 5.82 Å². The van der Waals surface area contributed by atoms with Crippen molar-refractivity contribution >= 4 is 28.9 Å². The van der Waals surface area contributed by atoms with E-state index >= 15 is 0 Å². The molecule has 2 aromatic rings. The Balaban J connectivity index is 2.05. The van der Waals surface area contributed by atoms with E-state index in [0.29, 0.717) is 19.4 Å². The highest BCUT2D eigenvalue weighted by atomic mass is 35.5. The van der Waals surface area contributed by atoms with Crippen molar-refractivity contribution in [2.45, 2.75) is 19.8 Å². The van der Waals surface area contributed by atoms with Gasteiger partial charge < -0.3 is 4.74 Å². The minimum absolute atomic E-state index is 0.0748. The number of benzene rings is 1. The molecule has 2 rings (SSSR count). The largest absolute Gasteiger partial charge is 0.466 e. The van der Waals surface area contributed by atoms with Crippen LogP contribution in [0.4, 0.5) is 4.39 Å². The molecule has 6 heteroatoms. The van der Waals surface area contributed by atoms with E-state index in [1.807, 2.05) is 5.38 Å². The molecule has 0 saturated heterocycles. The molecule has 0 atom stereocenters. The first-order valence-corrected chi connectivity index (χ1v) is 7.41. The number of hydrogen-bond donors (Lipinski definition) is 0. The Morgan fingerprint density at radius 3 is 3.00 bits per heavy atom. The van der Waals surface area contributed by atoms with Gasteiger partial charge in [-0.2, -0.15) is 0 Å². The van der Waals surface area contributed by atoms with Gasteiger partial charge in [-0.3, -0.25) is 4.79 Å². The van der Waals surface area contributed by atoms with Crippen molar-refractivity contribution in [3.63, 3.8) is 0 Å². The average molecular weight is 314 g/mol. The Morgan fingerprint density at radius 1 is 1.50 bits per heavy atom. The van der Waals surface area contributed by atoms with Gasteiger partial charge in [0, 0.05) is 17.4 Å². The Morgan fingerprint density at radius 2 is 2.30 bits per heavy atom. The van der Waals surface area contributed by atoms with Gasteiger partial charge in [0.15, 0.2) is 0 Å². The van der Waals surface area contributed by atoms with Crippen LogP contribution in [0.2, 0.25) is 5.02 Å². The van der Waals surface area contributed by atoms with Crippen LogP contribution in [-0.4, -0.2) is 17.6 Å². The summed E-state index contributed by atoms with van der Waals surface area (Å²) < 4.78 is 18.0. The van der Waals surface area contributed by atoms with Gasteiger partial charge in [-0.15, -0.1) is 11.3 Å². The Kier molecular flexibility index (Phi) is 5.09. The van der Waals surface area contributed by atoms with E-state index in [4.69, 9.17) is 16.3 Å². The summed E-state index contributed by atoms with van der Waals surface area (Å²) in [6.07, 6.45) is 0.839. The SMILES string of the molecule is CCOC(=O)CCc1csc(-c2ccc(F)c(Cl)c2)n1. The molecule has 0 bridgehead atoms. The van der Waals surface area contributed by atoms with Gasteiger partial charge in [0.1, 0.15) is 10.8 Å². The fourth-order valence-electron chi connectivity index (χ4n) is 1.65. The van der Waals surface area contributed by atoms with E-state index in [9.17, 15) is 9.18 Å². The fourth-order valence-corrected chi connectivity index (χ4v) is 2.68. The summed E-state index contributed by atoms with van der Waals surface area (Å²) >= 11 is 7.19. The van der Waals surface area contributed by atoms with Crippen LogP contribution < -0.4 is 0 Å². The summed E-state index contributed by atoms with van der Waals surface area (Å²) in [6.45, 7) is 2.16. The monoisotopic (exact) mass is 313 g/mol. The van der Waals surface area contributed by atoms with Crippen molar-refractivity contribution in [3.8, 4) is 10.6 Å². The highest BCUT2D eigenvalue weighted by Crippen LogP contribution is 2.27. The lowest BCUT2D eigenvalue weighted by atomic mass is 10.2. The molecule has 0 saturated carbocycles. The molecule has 0 fully saturated rings. The standard InChI is InChI=1S/C14H13ClFNO2S/c1-2-19-13(18)6-4-10-8-20-14(17-10)9-3-5-12(16)11(15)7-9/h3,5,7-8H,2,4,6H2,1H3. The molecule has 0 unspecified atom stereocenters. The number of thiazole rings is 1. The number of rotatable bonds is 5. The van der Waals surface area contributed by atoms with Gasteiger partial charge in [-0.25, -0.2) is 9.37 Å². The number of nitrogens with zero attached hydrogens (tertiary/aromatic N) is 1. The molecule has 20 heavy (non-hydrogen) atoms. The Labute approximate surface area is 125 Å². The van der Waals surface area contributed by atoms with Crippen LogP contribution in [0.15, 0.2) is 23.6 Å². The summed E-state index contributed by atoms with van der Waals surface area (Å²) in [4.78, 5) is 15.7. The predicted molar refractivity (Wildman–Crippen MR) is 77.5 cm³/mol. The third kappa shape index (κ3) is 3.77. The third-order valence-electron chi connectivity index (χ3n) is 2.61. The van der Waals surface area contributed by atoms with Gasteiger partial charge in [0.2, 0.25) is 0 Å². The number of halogens is 2. The summed E-state index contributed by atoms with van der Waals surface area (Å²) in [5.74, 6) is -0.679. The molecular formula is C14H13ClFNO2S. The maximum absolute atomic E-state index is 13.1. The minimum Gasteiger partial charge on any atom is -0.466 e. The zero-order valence-corrected chi connectivity index (χ0v) is 12.4. The van der Waals surface area contributed by atoms with E-state index in [0.717, 1.165) is 16.3 Å². The number of ether oxygens (including phenoxy) is 1. The van der Waals surface area contributed by atoms with Crippen LogP contribution in [-0.2, 0) is 16.0 Å². The molecule has 3 nitrogen and oxygen atoms in total. The molecule has 0 aliphatic rings. The first-order valence-electron chi connectivity index (χ1n) is 6.15. The number of esters is 1. The summed E-state index contributed by atoms with van der Waals surface area (Å²) in [7, 11) is 0. The van der Waals surface area contributed by atoms with E-state index in [1.165, 1.54) is 17.4 Å². The second kappa shape index (κ2) is 6.81. The summed E-state index contributed by atoms with van der Waals surface area (Å²) in [6, 6.07) is 4.50. The smallest absolute Gasteiger partial charge is 0.306 e. The second-order valence-electron chi connectivity index (χ2n) is 4.08. The topological polar surface area (TPSA) is 39.2 Å². The quantitative estimate of drug-likeness (QED) is 0.780. The fraction of sp³-hybridized carbons (Fsp3) is 0.286. The van der Waals surface area contributed by atoms with Gasteiger partial charge in [-0.05, 0) is 25.1 Å². The number of carbonyl (C=O) groups is 1. The van der Waals surface area contributed by atoms with Crippen molar-refractivity contribution in [2.75, 3.05) is 6.61 Å². The predicted octanol–water partition coefficient (Wildman–Crippen LogP) is 4.10. The van der Waals surface area contributed by atoms with E-state index in [-0.39, 0.29) is 11.0 Å². The first-order chi connectivity index (χ1) is 9.60. The second-order valence-corrected chi connectivity index (χ2v) is 5.34. The van der Waals surface area contributed by atoms with Crippen molar-refractivity contribution < 1.29 is 13.9 Å². The van der Waals surface area contributed by atoms with E-state index < -0.39 is 5.82 Å². The van der Waals surface area contributed by atoms with Crippen LogP contribution >= 0.6 is 22.9 Å². The van der Waals surface area contributed by atoms with Crippen molar-refractivity contribution in [1.82, 2.24) is 4.98 Å². The van der Waals surface area contributed by atoms with Gasteiger partial charge >= 0.3 is 5.97 Å². The summed E-state index contributed by atoms with van der Waals surface area (Å²) in [5, 5.41) is 2.71. The van der Waals surface area contributed by atoms with Gasteiger partial charge in [0.25, 0.3) is 0 Å². The molecule has 1 aromatic heterocycles. The third-order valence-corrected chi connectivity index (χ3v) is 3.84. The zero-order chi connectivity index (χ0) is 14.5. The minimum atomic E-state index is -0.450. The van der Waals surface area contributed by atoms with Crippen LogP contribution in [0.5, 0.6) is 0 Å². The molecule has 0 aliphatic carbocycles. The number of aromatic nitrogens is 1. The highest BCUT2D eigenvalue weighted by Gasteiger charge is 2.09. The number of aryl methyl sites for hydroxylation is 1. The molecule has 0 radical (unpaired) electrons. The van der Waals surface area contributed by atoms with Crippen molar-refractivity contribution in [2.24, 2.45) is 0 Å². The lowest BCUT2D eigenvalue weighted by Crippen LogP contribution is -2.05. The number of hydrogen-bond acceptors (Lipinski definition) is 4. The normalized spacial score (nSPS) is 10.6. The molecule has 106 valence electrons. The molecule has 0 aliphatic heterocycles.